The third-order valence-electron chi connectivity index (χ3n) is 1.99. The van der Waals surface area contributed by atoms with Crippen LogP contribution in [0.3, 0.4) is 0 Å². The summed E-state index contributed by atoms with van der Waals surface area (Å²) in [4.78, 5) is 12.5. The Balaban J connectivity index is 2.56. The minimum absolute atomic E-state index is 0.760. The van der Waals surface area contributed by atoms with Crippen LogP contribution >= 0.6 is 0 Å². The van der Waals surface area contributed by atoms with Gasteiger partial charge in [0.2, 0.25) is 0 Å². The highest BCUT2D eigenvalue weighted by Crippen LogP contribution is 2.21. The first kappa shape index (κ1) is 8.68. The number of aromatic nitrogens is 4. The molecular weight excluding hydrogens is 178 g/mol. The van der Waals surface area contributed by atoms with Crippen LogP contribution in [0, 0.1) is 0 Å². The van der Waals surface area contributed by atoms with E-state index in [0.717, 1.165) is 17.2 Å². The molecule has 0 saturated carbocycles. The second-order valence-electron chi connectivity index (χ2n) is 2.89. The van der Waals surface area contributed by atoms with Crippen LogP contribution in [0.15, 0.2) is 24.9 Å². The van der Waals surface area contributed by atoms with Gasteiger partial charge < -0.3 is 9.88 Å². The van der Waals surface area contributed by atoms with Crippen LogP contribution in [0.5, 0.6) is 0 Å². The van der Waals surface area contributed by atoms with Crippen molar-refractivity contribution in [3.05, 3.63) is 24.9 Å². The number of rotatable bonds is 2. The van der Waals surface area contributed by atoms with Gasteiger partial charge >= 0.3 is 0 Å². The van der Waals surface area contributed by atoms with E-state index in [9.17, 15) is 0 Å². The third kappa shape index (κ3) is 1.32. The average Bonchev–Trinajstić information content (AvgIpc) is 2.64. The Morgan fingerprint density at radius 1 is 1.29 bits per heavy atom. The molecule has 5 nitrogen and oxygen atoms in total. The monoisotopic (exact) mass is 189 g/mol. The normalized spacial score (nSPS) is 10.1. The summed E-state index contributed by atoms with van der Waals surface area (Å²) in [5.41, 5.74) is 1.76. The Bertz CT molecular complexity index is 434. The molecule has 0 fully saturated rings. The maximum Gasteiger partial charge on any atom is 0.153 e. The van der Waals surface area contributed by atoms with Crippen molar-refractivity contribution >= 4 is 5.82 Å². The highest BCUT2D eigenvalue weighted by molar-refractivity contribution is 5.67. The largest absolute Gasteiger partial charge is 0.371 e. The van der Waals surface area contributed by atoms with E-state index in [0.29, 0.717) is 0 Å². The smallest absolute Gasteiger partial charge is 0.153 e. The second-order valence-corrected chi connectivity index (χ2v) is 2.89. The molecule has 0 atom stereocenters. The summed E-state index contributed by atoms with van der Waals surface area (Å²) in [6, 6.07) is 0. The van der Waals surface area contributed by atoms with Crippen LogP contribution in [-0.4, -0.2) is 26.6 Å². The predicted molar refractivity (Wildman–Crippen MR) is 53.8 cm³/mol. The van der Waals surface area contributed by atoms with E-state index in [1.165, 1.54) is 0 Å². The molecule has 2 aromatic rings. The molecule has 0 aromatic carbocycles. The van der Waals surface area contributed by atoms with Gasteiger partial charge in [-0.1, -0.05) is 0 Å². The van der Waals surface area contributed by atoms with Gasteiger partial charge in [0, 0.05) is 26.5 Å². The van der Waals surface area contributed by atoms with Gasteiger partial charge in [0.05, 0.1) is 18.2 Å². The lowest BCUT2D eigenvalue weighted by Gasteiger charge is -2.06. The fourth-order valence-corrected chi connectivity index (χ4v) is 1.29. The zero-order chi connectivity index (χ0) is 9.97. The van der Waals surface area contributed by atoms with E-state index >= 15 is 0 Å². The first-order valence-corrected chi connectivity index (χ1v) is 4.28. The molecule has 1 N–H and O–H groups in total. The van der Waals surface area contributed by atoms with Gasteiger partial charge in [-0.15, -0.1) is 0 Å². The number of hydrogen-bond acceptors (Lipinski definition) is 4. The Morgan fingerprint density at radius 3 is 2.71 bits per heavy atom. The number of aryl methyl sites for hydroxylation is 1. The fraction of sp³-hybridized carbons (Fsp3) is 0.222. The number of hydrogen-bond donors (Lipinski definition) is 1. The van der Waals surface area contributed by atoms with Crippen LogP contribution in [-0.2, 0) is 7.05 Å². The standard InChI is InChI=1S/C9H11N5/c1-10-9-8(12-3-4-13-9)7-5-11-6-14(7)2/h3-6H,1-2H3,(H,10,13). The Hall–Kier alpha value is -1.91. The lowest BCUT2D eigenvalue weighted by molar-refractivity contribution is 0.915. The van der Waals surface area contributed by atoms with Crippen molar-refractivity contribution in [2.75, 3.05) is 12.4 Å². The lowest BCUT2D eigenvalue weighted by atomic mass is 10.3. The van der Waals surface area contributed by atoms with E-state index < -0.39 is 0 Å². The molecule has 2 aromatic heterocycles. The predicted octanol–water partition coefficient (Wildman–Crippen LogP) is 0.919. The van der Waals surface area contributed by atoms with E-state index in [2.05, 4.69) is 20.3 Å². The molecule has 0 radical (unpaired) electrons. The van der Waals surface area contributed by atoms with E-state index in [4.69, 9.17) is 0 Å². The molecular formula is C9H11N5. The maximum absolute atomic E-state index is 4.27. The molecule has 0 amide bonds. The van der Waals surface area contributed by atoms with Gasteiger partial charge in [0.15, 0.2) is 5.82 Å². The summed E-state index contributed by atoms with van der Waals surface area (Å²) >= 11 is 0. The molecule has 0 unspecified atom stereocenters. The Kier molecular flexibility index (Phi) is 2.14. The first-order valence-electron chi connectivity index (χ1n) is 4.28. The number of nitrogens with zero attached hydrogens (tertiary/aromatic N) is 4. The van der Waals surface area contributed by atoms with Crippen molar-refractivity contribution in [3.8, 4) is 11.4 Å². The number of nitrogens with one attached hydrogen (secondary N) is 1. The van der Waals surface area contributed by atoms with Crippen molar-refractivity contribution in [1.82, 2.24) is 19.5 Å². The average molecular weight is 189 g/mol. The van der Waals surface area contributed by atoms with E-state index in [-0.39, 0.29) is 0 Å². The maximum atomic E-state index is 4.27. The van der Waals surface area contributed by atoms with Gasteiger partial charge in [0.25, 0.3) is 0 Å². The van der Waals surface area contributed by atoms with Crippen LogP contribution in [0.4, 0.5) is 5.82 Å². The van der Waals surface area contributed by atoms with Gasteiger partial charge in [0.1, 0.15) is 5.69 Å². The Morgan fingerprint density at radius 2 is 2.07 bits per heavy atom. The van der Waals surface area contributed by atoms with Crippen molar-refractivity contribution in [2.24, 2.45) is 7.05 Å². The minimum atomic E-state index is 0.760. The summed E-state index contributed by atoms with van der Waals surface area (Å²) in [6.45, 7) is 0. The van der Waals surface area contributed by atoms with Gasteiger partial charge in [-0.05, 0) is 0 Å². The van der Waals surface area contributed by atoms with Crippen LogP contribution in [0.1, 0.15) is 0 Å². The van der Waals surface area contributed by atoms with E-state index in [1.54, 1.807) is 24.9 Å². The molecule has 0 saturated heterocycles. The topological polar surface area (TPSA) is 55.6 Å². The highest BCUT2D eigenvalue weighted by Gasteiger charge is 2.08. The van der Waals surface area contributed by atoms with Gasteiger partial charge in [-0.2, -0.15) is 0 Å². The summed E-state index contributed by atoms with van der Waals surface area (Å²) in [5, 5.41) is 3.00. The molecule has 0 bridgehead atoms. The molecule has 0 aliphatic rings. The molecule has 72 valence electrons. The van der Waals surface area contributed by atoms with Gasteiger partial charge in [-0.25, -0.2) is 15.0 Å². The van der Waals surface area contributed by atoms with Crippen molar-refractivity contribution in [1.29, 1.82) is 0 Å². The van der Waals surface area contributed by atoms with Crippen molar-refractivity contribution in [2.45, 2.75) is 0 Å². The molecule has 2 rings (SSSR count). The SMILES string of the molecule is CNc1nccnc1-c1cncn1C. The van der Waals surface area contributed by atoms with Crippen molar-refractivity contribution in [3.63, 3.8) is 0 Å². The summed E-state index contributed by atoms with van der Waals surface area (Å²) in [7, 11) is 3.75. The summed E-state index contributed by atoms with van der Waals surface area (Å²) in [6.07, 6.45) is 6.84. The number of imidazole rings is 1. The molecule has 0 spiro atoms. The summed E-state index contributed by atoms with van der Waals surface area (Å²) in [5.74, 6) is 0.760. The number of anilines is 1. The van der Waals surface area contributed by atoms with Gasteiger partial charge in [-0.3, -0.25) is 0 Å². The van der Waals surface area contributed by atoms with E-state index in [1.807, 2.05) is 18.7 Å². The van der Waals surface area contributed by atoms with Crippen LogP contribution in [0.25, 0.3) is 11.4 Å². The van der Waals surface area contributed by atoms with Crippen LogP contribution in [0.2, 0.25) is 0 Å². The molecule has 0 aliphatic heterocycles. The summed E-state index contributed by atoms with van der Waals surface area (Å²) < 4.78 is 1.91. The zero-order valence-electron chi connectivity index (χ0n) is 8.10. The van der Waals surface area contributed by atoms with Crippen molar-refractivity contribution < 1.29 is 0 Å². The molecule has 14 heavy (non-hydrogen) atoms. The minimum Gasteiger partial charge on any atom is -0.371 e. The fourth-order valence-electron chi connectivity index (χ4n) is 1.29. The zero-order valence-corrected chi connectivity index (χ0v) is 8.10. The third-order valence-corrected chi connectivity index (χ3v) is 1.99. The first-order chi connectivity index (χ1) is 6.83. The highest BCUT2D eigenvalue weighted by atomic mass is 15.1. The second kappa shape index (κ2) is 3.45. The quantitative estimate of drug-likeness (QED) is 0.763. The Labute approximate surface area is 81.8 Å². The molecule has 5 heteroatoms. The molecule has 0 aliphatic carbocycles. The van der Waals surface area contributed by atoms with Crippen LogP contribution < -0.4 is 5.32 Å². The molecule has 2 heterocycles. The lowest BCUT2D eigenvalue weighted by Crippen LogP contribution is -2.00.